The van der Waals surface area contributed by atoms with Crippen LogP contribution in [0, 0.1) is 5.41 Å². The van der Waals surface area contributed by atoms with E-state index in [0.717, 1.165) is 24.7 Å². The van der Waals surface area contributed by atoms with Crippen molar-refractivity contribution in [2.75, 3.05) is 18.0 Å². The largest absolute Gasteiger partial charge is 0.371 e. The first-order valence-electron chi connectivity index (χ1n) is 7.14. The number of benzene rings is 1. The Bertz CT molecular complexity index is 440. The van der Waals surface area contributed by atoms with E-state index in [2.05, 4.69) is 50.0 Å². The molecule has 1 N–H and O–H groups in total. The minimum absolute atomic E-state index is 0.419. The van der Waals surface area contributed by atoms with Gasteiger partial charge in [-0.25, -0.2) is 0 Å². The Morgan fingerprint density at radius 1 is 1.37 bits per heavy atom. The van der Waals surface area contributed by atoms with Crippen LogP contribution < -0.4 is 10.2 Å². The zero-order chi connectivity index (χ0) is 14.0. The van der Waals surface area contributed by atoms with Crippen LogP contribution in [0.1, 0.15) is 39.7 Å². The first-order chi connectivity index (χ1) is 8.87. The van der Waals surface area contributed by atoms with Gasteiger partial charge in [-0.3, -0.25) is 0 Å². The lowest BCUT2D eigenvalue weighted by Crippen LogP contribution is -2.26. The normalized spacial score (nSPS) is 18.3. The molecule has 0 radical (unpaired) electrons. The van der Waals surface area contributed by atoms with Gasteiger partial charge >= 0.3 is 0 Å². The third kappa shape index (κ3) is 3.87. The Hall–Kier alpha value is -0.730. The highest BCUT2D eigenvalue weighted by atomic mass is 35.5. The molecule has 2 rings (SSSR count). The van der Waals surface area contributed by atoms with Crippen molar-refractivity contribution in [2.45, 2.75) is 46.7 Å². The molecule has 1 aliphatic rings. The van der Waals surface area contributed by atoms with E-state index in [-0.39, 0.29) is 0 Å². The fourth-order valence-corrected chi connectivity index (χ4v) is 2.83. The van der Waals surface area contributed by atoms with E-state index in [1.54, 1.807) is 0 Å². The summed E-state index contributed by atoms with van der Waals surface area (Å²) in [7, 11) is 0. The lowest BCUT2D eigenvalue weighted by atomic mass is 9.93. The van der Waals surface area contributed by atoms with Gasteiger partial charge in [0.05, 0.1) is 0 Å². The Labute approximate surface area is 122 Å². The van der Waals surface area contributed by atoms with Gasteiger partial charge < -0.3 is 10.2 Å². The fourth-order valence-electron chi connectivity index (χ4n) is 2.64. The summed E-state index contributed by atoms with van der Waals surface area (Å²) in [5.41, 5.74) is 3.06. The molecular formula is C16H25ClN2. The molecule has 19 heavy (non-hydrogen) atoms. The number of hydrogen-bond acceptors (Lipinski definition) is 2. The lowest BCUT2D eigenvalue weighted by Gasteiger charge is -2.25. The molecule has 1 heterocycles. The first-order valence-corrected chi connectivity index (χ1v) is 7.52. The number of halogens is 1. The molecule has 1 saturated heterocycles. The molecule has 3 heteroatoms. The molecule has 0 amide bonds. The van der Waals surface area contributed by atoms with Crippen LogP contribution in [0.3, 0.4) is 0 Å². The van der Waals surface area contributed by atoms with Crippen molar-refractivity contribution in [1.82, 2.24) is 5.32 Å². The zero-order valence-corrected chi connectivity index (χ0v) is 13.2. The minimum Gasteiger partial charge on any atom is -0.371 e. The molecule has 0 unspecified atom stereocenters. The number of hydrogen-bond donors (Lipinski definition) is 1. The van der Waals surface area contributed by atoms with Crippen LogP contribution in [-0.2, 0) is 6.54 Å². The quantitative estimate of drug-likeness (QED) is 0.894. The highest BCUT2D eigenvalue weighted by Gasteiger charge is 2.30. The summed E-state index contributed by atoms with van der Waals surface area (Å²) in [5, 5.41) is 4.31. The molecule has 0 aromatic heterocycles. The van der Waals surface area contributed by atoms with Gasteiger partial charge in [0, 0.05) is 36.4 Å². The lowest BCUT2D eigenvalue weighted by molar-refractivity contribution is 0.418. The molecule has 0 bridgehead atoms. The van der Waals surface area contributed by atoms with Crippen molar-refractivity contribution in [3.8, 4) is 0 Å². The molecule has 1 aliphatic heterocycles. The molecule has 1 aromatic rings. The number of nitrogens with zero attached hydrogens (tertiary/aromatic N) is 1. The van der Waals surface area contributed by atoms with Crippen molar-refractivity contribution in [1.29, 1.82) is 0 Å². The van der Waals surface area contributed by atoms with Gasteiger partial charge in [-0.05, 0) is 35.6 Å². The number of rotatable bonds is 4. The second kappa shape index (κ2) is 5.72. The standard InChI is InChI=1S/C16H25ClN2/c1-12(2)18-10-13-9-14(17)5-6-15(13)19-8-7-16(3,4)11-19/h5-6,9,12,18H,7-8,10-11H2,1-4H3. The fraction of sp³-hybridized carbons (Fsp3) is 0.625. The second-order valence-corrected chi connectivity index (χ2v) is 7.08. The van der Waals surface area contributed by atoms with Crippen molar-refractivity contribution >= 4 is 17.3 Å². The van der Waals surface area contributed by atoms with Crippen molar-refractivity contribution < 1.29 is 0 Å². The average molecular weight is 281 g/mol. The minimum atomic E-state index is 0.419. The molecule has 2 nitrogen and oxygen atoms in total. The van der Waals surface area contributed by atoms with Gasteiger partial charge in [0.2, 0.25) is 0 Å². The van der Waals surface area contributed by atoms with E-state index in [4.69, 9.17) is 11.6 Å². The van der Waals surface area contributed by atoms with Crippen molar-refractivity contribution in [3.63, 3.8) is 0 Å². The topological polar surface area (TPSA) is 15.3 Å². The predicted molar refractivity (Wildman–Crippen MR) is 84.0 cm³/mol. The molecule has 1 fully saturated rings. The van der Waals surface area contributed by atoms with Crippen molar-refractivity contribution in [3.05, 3.63) is 28.8 Å². The van der Waals surface area contributed by atoms with Crippen LogP contribution in [0.25, 0.3) is 0 Å². The average Bonchev–Trinajstić information content (AvgIpc) is 2.67. The van der Waals surface area contributed by atoms with Crippen LogP contribution in [0.4, 0.5) is 5.69 Å². The van der Waals surface area contributed by atoms with Gasteiger partial charge in [-0.2, -0.15) is 0 Å². The molecule has 0 aliphatic carbocycles. The maximum atomic E-state index is 6.15. The van der Waals surface area contributed by atoms with Gasteiger partial charge in [0.15, 0.2) is 0 Å². The third-order valence-corrected chi connectivity index (χ3v) is 4.00. The number of nitrogens with one attached hydrogen (secondary N) is 1. The Morgan fingerprint density at radius 2 is 2.11 bits per heavy atom. The van der Waals surface area contributed by atoms with E-state index in [1.165, 1.54) is 17.7 Å². The second-order valence-electron chi connectivity index (χ2n) is 6.64. The Kier molecular flexibility index (Phi) is 4.42. The van der Waals surface area contributed by atoms with Crippen LogP contribution in [0.15, 0.2) is 18.2 Å². The number of anilines is 1. The van der Waals surface area contributed by atoms with Gasteiger partial charge in [-0.15, -0.1) is 0 Å². The highest BCUT2D eigenvalue weighted by molar-refractivity contribution is 6.30. The van der Waals surface area contributed by atoms with Gasteiger partial charge in [-0.1, -0.05) is 39.3 Å². The third-order valence-electron chi connectivity index (χ3n) is 3.76. The molecule has 106 valence electrons. The SMILES string of the molecule is CC(C)NCc1cc(Cl)ccc1N1CCC(C)(C)C1. The smallest absolute Gasteiger partial charge is 0.0413 e. The van der Waals surface area contributed by atoms with Crippen LogP contribution >= 0.6 is 11.6 Å². The van der Waals surface area contributed by atoms with Crippen molar-refractivity contribution in [2.24, 2.45) is 5.41 Å². The molecule has 0 spiro atoms. The molecule has 0 saturated carbocycles. The summed E-state index contributed by atoms with van der Waals surface area (Å²) in [4.78, 5) is 2.49. The summed E-state index contributed by atoms with van der Waals surface area (Å²) in [5.74, 6) is 0. The van der Waals surface area contributed by atoms with Crippen LogP contribution in [-0.4, -0.2) is 19.1 Å². The van der Waals surface area contributed by atoms with E-state index >= 15 is 0 Å². The summed E-state index contributed by atoms with van der Waals surface area (Å²) in [6.07, 6.45) is 1.26. The maximum absolute atomic E-state index is 6.15. The Morgan fingerprint density at radius 3 is 2.68 bits per heavy atom. The maximum Gasteiger partial charge on any atom is 0.0413 e. The highest BCUT2D eigenvalue weighted by Crippen LogP contribution is 2.34. The van der Waals surface area contributed by atoms with E-state index in [0.29, 0.717) is 11.5 Å². The van der Waals surface area contributed by atoms with E-state index < -0.39 is 0 Å². The summed E-state index contributed by atoms with van der Waals surface area (Å²) >= 11 is 6.15. The summed E-state index contributed by atoms with van der Waals surface area (Å²) in [6, 6.07) is 6.75. The van der Waals surface area contributed by atoms with Gasteiger partial charge in [0.1, 0.15) is 0 Å². The summed E-state index contributed by atoms with van der Waals surface area (Å²) in [6.45, 7) is 12.2. The molecule has 1 aromatic carbocycles. The summed E-state index contributed by atoms with van der Waals surface area (Å²) < 4.78 is 0. The molecule has 0 atom stereocenters. The molecular weight excluding hydrogens is 256 g/mol. The van der Waals surface area contributed by atoms with E-state index in [9.17, 15) is 0 Å². The van der Waals surface area contributed by atoms with Crippen LogP contribution in [0.2, 0.25) is 5.02 Å². The predicted octanol–water partition coefficient (Wildman–Crippen LogP) is 4.07. The van der Waals surface area contributed by atoms with Gasteiger partial charge in [0.25, 0.3) is 0 Å². The Balaban J connectivity index is 2.19. The van der Waals surface area contributed by atoms with E-state index in [1.807, 2.05) is 6.07 Å². The first kappa shape index (κ1) is 14.7. The monoisotopic (exact) mass is 280 g/mol. The zero-order valence-electron chi connectivity index (χ0n) is 12.5. The van der Waals surface area contributed by atoms with Crippen LogP contribution in [0.5, 0.6) is 0 Å².